The van der Waals surface area contributed by atoms with Gasteiger partial charge in [-0.1, -0.05) is 66.7 Å². The average molecular weight is 438 g/mol. The highest BCUT2D eigenvalue weighted by Crippen LogP contribution is 2.35. The van der Waals surface area contributed by atoms with Crippen LogP contribution in [0.3, 0.4) is 0 Å². The van der Waals surface area contributed by atoms with Crippen molar-refractivity contribution in [2.24, 2.45) is 0 Å². The Labute approximate surface area is 182 Å². The first kappa shape index (κ1) is 21.8. The zero-order chi connectivity index (χ0) is 22.9. The number of benzene rings is 4. The molecule has 0 aliphatic rings. The Bertz CT molecular complexity index is 1280. The highest BCUT2D eigenvalue weighted by molar-refractivity contribution is 5.89. The van der Waals surface area contributed by atoms with Crippen LogP contribution in [-0.4, -0.2) is 0 Å². The number of fused-ring (bicyclic) bond motifs is 1. The maximum Gasteiger partial charge on any atom is 0.419 e. The average Bonchev–Trinajstić information content (AvgIpc) is 2.77. The number of halogens is 5. The number of aryl methyl sites for hydroxylation is 1. The van der Waals surface area contributed by atoms with Gasteiger partial charge in [-0.05, 0) is 52.6 Å². The van der Waals surface area contributed by atoms with E-state index >= 15 is 4.39 Å². The zero-order valence-corrected chi connectivity index (χ0v) is 17.0. The van der Waals surface area contributed by atoms with Gasteiger partial charge in [-0.15, -0.1) is 6.58 Å². The van der Waals surface area contributed by atoms with Crippen molar-refractivity contribution in [1.29, 1.82) is 0 Å². The van der Waals surface area contributed by atoms with Crippen LogP contribution < -0.4 is 0 Å². The molecule has 4 rings (SSSR count). The van der Waals surface area contributed by atoms with Crippen LogP contribution in [0.1, 0.15) is 17.5 Å². The highest BCUT2D eigenvalue weighted by atomic mass is 19.4. The second-order valence-corrected chi connectivity index (χ2v) is 7.58. The predicted octanol–water partition coefficient (Wildman–Crippen LogP) is 8.59. The minimum absolute atomic E-state index is 0.313. The summed E-state index contributed by atoms with van der Waals surface area (Å²) in [6.07, 6.45) is -1.21. The molecule has 0 amide bonds. The molecule has 4 aromatic rings. The fraction of sp³-hybridized carbons (Fsp3) is 0.111. The first-order chi connectivity index (χ1) is 15.3. The summed E-state index contributed by atoms with van der Waals surface area (Å²) >= 11 is 0. The quantitative estimate of drug-likeness (QED) is 0.216. The molecule has 0 aliphatic heterocycles. The van der Waals surface area contributed by atoms with Gasteiger partial charge < -0.3 is 0 Å². The van der Waals surface area contributed by atoms with Crippen LogP contribution in [0.25, 0.3) is 33.0 Å². The van der Waals surface area contributed by atoms with Crippen molar-refractivity contribution in [2.75, 3.05) is 0 Å². The molecule has 0 heterocycles. The van der Waals surface area contributed by atoms with E-state index in [2.05, 4.69) is 6.58 Å². The van der Waals surface area contributed by atoms with E-state index in [1.807, 2.05) is 24.3 Å². The summed E-state index contributed by atoms with van der Waals surface area (Å²) in [4.78, 5) is 0. The molecule has 0 saturated heterocycles. The second-order valence-electron chi connectivity index (χ2n) is 7.58. The second kappa shape index (κ2) is 8.58. The Kier molecular flexibility index (Phi) is 5.83. The molecule has 0 unspecified atom stereocenters. The molecule has 0 aromatic heterocycles. The van der Waals surface area contributed by atoms with Crippen molar-refractivity contribution >= 4 is 10.8 Å². The number of rotatable bonds is 5. The van der Waals surface area contributed by atoms with Crippen molar-refractivity contribution in [3.05, 3.63) is 108 Å². The topological polar surface area (TPSA) is 0 Å². The van der Waals surface area contributed by atoms with Gasteiger partial charge in [0.25, 0.3) is 0 Å². The number of hydrogen-bond donors (Lipinski definition) is 0. The van der Waals surface area contributed by atoms with Crippen LogP contribution in [0.5, 0.6) is 0 Å². The number of alkyl halides is 3. The van der Waals surface area contributed by atoms with Gasteiger partial charge in [-0.3, -0.25) is 0 Å². The van der Waals surface area contributed by atoms with Crippen LogP contribution >= 0.6 is 0 Å². The molecule has 0 aliphatic carbocycles. The molecule has 0 spiro atoms. The smallest absolute Gasteiger partial charge is 0.206 e. The van der Waals surface area contributed by atoms with Gasteiger partial charge in [0, 0.05) is 10.9 Å². The van der Waals surface area contributed by atoms with E-state index in [9.17, 15) is 17.6 Å². The lowest BCUT2D eigenvalue weighted by molar-refractivity contribution is -0.139. The van der Waals surface area contributed by atoms with Crippen molar-refractivity contribution in [3.63, 3.8) is 0 Å². The maximum absolute atomic E-state index is 15.2. The molecule has 4 aromatic carbocycles. The SMILES string of the molecule is C=CCCc1ccc2c(F)c(-c3ccc(-c4ccc(C(F)(F)F)c(F)c4)cc3)ccc2c1. The summed E-state index contributed by atoms with van der Waals surface area (Å²) in [6.45, 7) is 3.72. The number of allylic oxidation sites excluding steroid dienone is 1. The molecule has 0 radical (unpaired) electrons. The lowest BCUT2D eigenvalue weighted by Crippen LogP contribution is -2.07. The van der Waals surface area contributed by atoms with Crippen molar-refractivity contribution in [2.45, 2.75) is 19.0 Å². The van der Waals surface area contributed by atoms with Gasteiger partial charge in [-0.25, -0.2) is 8.78 Å². The van der Waals surface area contributed by atoms with Crippen LogP contribution in [0.15, 0.2) is 85.5 Å². The summed E-state index contributed by atoms with van der Waals surface area (Å²) < 4.78 is 67.4. The maximum atomic E-state index is 15.2. The van der Waals surface area contributed by atoms with E-state index in [0.29, 0.717) is 27.6 Å². The van der Waals surface area contributed by atoms with Crippen LogP contribution in [0, 0.1) is 11.6 Å². The third-order valence-electron chi connectivity index (χ3n) is 5.46. The summed E-state index contributed by atoms with van der Waals surface area (Å²) in [7, 11) is 0. The third kappa shape index (κ3) is 4.28. The summed E-state index contributed by atoms with van der Waals surface area (Å²) in [5, 5.41) is 1.32. The molecule has 162 valence electrons. The molecule has 0 saturated carbocycles. The molecular formula is C27H19F5. The van der Waals surface area contributed by atoms with E-state index in [4.69, 9.17) is 0 Å². The van der Waals surface area contributed by atoms with Gasteiger partial charge in [0.05, 0.1) is 5.56 Å². The minimum atomic E-state index is -4.74. The monoisotopic (exact) mass is 438 g/mol. The van der Waals surface area contributed by atoms with E-state index in [0.717, 1.165) is 35.9 Å². The Hall–Kier alpha value is -3.47. The van der Waals surface area contributed by atoms with Crippen LogP contribution in [0.2, 0.25) is 0 Å². The Morgan fingerprint density at radius 1 is 0.750 bits per heavy atom. The fourth-order valence-corrected chi connectivity index (χ4v) is 3.76. The summed E-state index contributed by atoms with van der Waals surface area (Å²) in [6, 6.07) is 18.7. The van der Waals surface area contributed by atoms with Gasteiger partial charge in [0.15, 0.2) is 0 Å². The summed E-state index contributed by atoms with van der Waals surface area (Å²) in [5.41, 5.74) is 1.70. The molecule has 5 heteroatoms. The zero-order valence-electron chi connectivity index (χ0n) is 17.0. The normalized spacial score (nSPS) is 11.7. The van der Waals surface area contributed by atoms with Gasteiger partial charge in [-0.2, -0.15) is 13.2 Å². The number of hydrogen-bond acceptors (Lipinski definition) is 0. The van der Waals surface area contributed by atoms with Crippen molar-refractivity contribution < 1.29 is 22.0 Å². The lowest BCUT2D eigenvalue weighted by atomic mass is 9.96. The molecule has 0 N–H and O–H groups in total. The van der Waals surface area contributed by atoms with Crippen molar-refractivity contribution in [3.8, 4) is 22.3 Å². The molecular weight excluding hydrogens is 419 g/mol. The first-order valence-corrected chi connectivity index (χ1v) is 10.1. The van der Waals surface area contributed by atoms with Gasteiger partial charge >= 0.3 is 6.18 Å². The standard InChI is InChI=1S/C27H19F5/c1-2-3-4-17-5-12-23-21(15-17)10-13-22(26(23)29)19-8-6-18(7-9-19)20-11-14-24(25(28)16-20)27(30,31)32/h2,5-16H,1,3-4H2. The molecule has 0 nitrogen and oxygen atoms in total. The van der Waals surface area contributed by atoms with Crippen molar-refractivity contribution in [1.82, 2.24) is 0 Å². The van der Waals surface area contributed by atoms with E-state index in [-0.39, 0.29) is 5.82 Å². The Morgan fingerprint density at radius 3 is 2.09 bits per heavy atom. The van der Waals surface area contributed by atoms with E-state index in [1.54, 1.807) is 36.4 Å². The summed E-state index contributed by atoms with van der Waals surface area (Å²) in [5.74, 6) is -1.67. The lowest BCUT2D eigenvalue weighted by Gasteiger charge is -2.11. The van der Waals surface area contributed by atoms with E-state index in [1.165, 1.54) is 6.07 Å². The molecule has 0 atom stereocenters. The molecule has 32 heavy (non-hydrogen) atoms. The fourth-order valence-electron chi connectivity index (χ4n) is 3.76. The Morgan fingerprint density at radius 2 is 1.44 bits per heavy atom. The van der Waals surface area contributed by atoms with E-state index < -0.39 is 17.6 Å². The Balaban J connectivity index is 1.65. The van der Waals surface area contributed by atoms with Crippen LogP contribution in [-0.2, 0) is 12.6 Å². The van der Waals surface area contributed by atoms with Crippen LogP contribution in [0.4, 0.5) is 22.0 Å². The largest absolute Gasteiger partial charge is 0.419 e. The predicted molar refractivity (Wildman–Crippen MR) is 118 cm³/mol. The third-order valence-corrected chi connectivity index (χ3v) is 5.46. The van der Waals surface area contributed by atoms with Gasteiger partial charge in [0.1, 0.15) is 11.6 Å². The molecule has 0 fully saturated rings. The van der Waals surface area contributed by atoms with Gasteiger partial charge in [0.2, 0.25) is 0 Å². The molecule has 0 bridgehead atoms. The minimum Gasteiger partial charge on any atom is -0.206 e. The highest BCUT2D eigenvalue weighted by Gasteiger charge is 2.33. The first-order valence-electron chi connectivity index (χ1n) is 10.1.